The molecule has 3 nitrogen and oxygen atoms in total. The largest absolute Gasteiger partial charge is 0.304 e. The van der Waals surface area contributed by atoms with Gasteiger partial charge < -0.3 is 4.90 Å². The van der Waals surface area contributed by atoms with Gasteiger partial charge >= 0.3 is 0 Å². The Labute approximate surface area is 77.7 Å². The Hall–Kier alpha value is -0.260. The van der Waals surface area contributed by atoms with E-state index in [1.54, 1.807) is 0 Å². The summed E-state index contributed by atoms with van der Waals surface area (Å²) in [5, 5.41) is 1.87. The molecule has 1 unspecified atom stereocenters. The summed E-state index contributed by atoms with van der Waals surface area (Å²) in [6, 6.07) is -0.747. The van der Waals surface area contributed by atoms with Crippen LogP contribution in [-0.2, 0) is 0 Å². The quantitative estimate of drug-likeness (QED) is 0.699. The van der Waals surface area contributed by atoms with Gasteiger partial charge in [0.15, 0.2) is 0 Å². The number of halogens is 2. The molecule has 0 aromatic heterocycles. The summed E-state index contributed by atoms with van der Waals surface area (Å²) in [7, 11) is 2.04. The number of hydrazine groups is 1. The van der Waals surface area contributed by atoms with Crippen molar-refractivity contribution in [2.75, 3.05) is 33.2 Å². The lowest BCUT2D eigenvalue weighted by Gasteiger charge is -2.34. The summed E-state index contributed by atoms with van der Waals surface area (Å²) in [5.74, 6) is 0. The topological polar surface area (TPSA) is 18.5 Å². The fraction of sp³-hybridized carbons (Fsp3) is 1.00. The average molecular weight is 193 g/mol. The van der Waals surface area contributed by atoms with E-state index in [1.165, 1.54) is 6.92 Å². The highest BCUT2D eigenvalue weighted by molar-refractivity contribution is 4.69. The van der Waals surface area contributed by atoms with Crippen molar-refractivity contribution in [1.29, 1.82) is 0 Å². The number of hydrogen-bond donors (Lipinski definition) is 1. The van der Waals surface area contributed by atoms with Gasteiger partial charge in [-0.3, -0.25) is 0 Å². The minimum atomic E-state index is -2.29. The maximum atomic E-state index is 12.2. The van der Waals surface area contributed by atoms with Crippen molar-refractivity contribution in [2.24, 2.45) is 0 Å². The molecule has 1 N–H and O–H groups in total. The lowest BCUT2D eigenvalue weighted by Crippen LogP contribution is -2.54. The van der Waals surface area contributed by atoms with Crippen molar-refractivity contribution in [2.45, 2.75) is 19.4 Å². The first-order chi connectivity index (χ1) is 6.09. The summed E-state index contributed by atoms with van der Waals surface area (Å²) in [6.07, 6.45) is -2.29. The Morgan fingerprint density at radius 1 is 1.15 bits per heavy atom. The highest BCUT2D eigenvalue weighted by atomic mass is 19.3. The fourth-order valence-electron chi connectivity index (χ4n) is 1.28. The van der Waals surface area contributed by atoms with Crippen LogP contribution in [0.1, 0.15) is 6.92 Å². The van der Waals surface area contributed by atoms with E-state index in [1.807, 2.05) is 12.1 Å². The molecule has 0 aromatic carbocycles. The van der Waals surface area contributed by atoms with Gasteiger partial charge in [-0.15, -0.1) is 0 Å². The van der Waals surface area contributed by atoms with E-state index in [-0.39, 0.29) is 0 Å². The third-order valence-electron chi connectivity index (χ3n) is 2.27. The van der Waals surface area contributed by atoms with E-state index >= 15 is 0 Å². The molecular weight excluding hydrogens is 176 g/mol. The lowest BCUT2D eigenvalue weighted by atomic mass is 10.3. The predicted octanol–water partition coefficient (Wildman–Crippen LogP) is 0.392. The van der Waals surface area contributed by atoms with Crippen LogP contribution in [0.25, 0.3) is 0 Å². The maximum Gasteiger partial charge on any atom is 0.254 e. The highest BCUT2D eigenvalue weighted by Gasteiger charge is 2.19. The van der Waals surface area contributed by atoms with Gasteiger partial charge in [0.2, 0.25) is 0 Å². The molecule has 1 atom stereocenters. The Bertz CT molecular complexity index is 146. The van der Waals surface area contributed by atoms with Crippen LogP contribution < -0.4 is 5.43 Å². The van der Waals surface area contributed by atoms with Gasteiger partial charge in [-0.2, -0.15) is 0 Å². The van der Waals surface area contributed by atoms with Crippen molar-refractivity contribution in [3.8, 4) is 0 Å². The second kappa shape index (κ2) is 4.83. The Morgan fingerprint density at radius 2 is 1.69 bits per heavy atom. The first kappa shape index (κ1) is 10.8. The first-order valence-electron chi connectivity index (χ1n) is 4.57. The molecule has 1 saturated heterocycles. The van der Waals surface area contributed by atoms with E-state index in [0.717, 1.165) is 26.2 Å². The molecular formula is C8H17F2N3. The van der Waals surface area contributed by atoms with Gasteiger partial charge in [0, 0.05) is 26.2 Å². The van der Waals surface area contributed by atoms with Crippen LogP contribution in [0, 0.1) is 0 Å². The molecule has 0 amide bonds. The number of alkyl halides is 2. The van der Waals surface area contributed by atoms with E-state index in [9.17, 15) is 8.78 Å². The van der Waals surface area contributed by atoms with Gasteiger partial charge in [-0.25, -0.2) is 19.2 Å². The molecule has 5 heteroatoms. The molecule has 13 heavy (non-hydrogen) atoms. The lowest BCUT2D eigenvalue weighted by molar-refractivity contribution is 0.0299. The van der Waals surface area contributed by atoms with Gasteiger partial charge in [0.25, 0.3) is 6.43 Å². The Morgan fingerprint density at radius 3 is 2.15 bits per heavy atom. The van der Waals surface area contributed by atoms with Crippen LogP contribution in [0.4, 0.5) is 8.78 Å². The second-order valence-electron chi connectivity index (χ2n) is 3.54. The minimum absolute atomic E-state index is 0.747. The van der Waals surface area contributed by atoms with E-state index in [2.05, 4.69) is 10.3 Å². The number of rotatable bonds is 3. The van der Waals surface area contributed by atoms with Crippen LogP contribution in [0.3, 0.4) is 0 Å². The highest BCUT2D eigenvalue weighted by Crippen LogP contribution is 2.02. The van der Waals surface area contributed by atoms with Crippen LogP contribution in [0.2, 0.25) is 0 Å². The maximum absolute atomic E-state index is 12.2. The summed E-state index contributed by atoms with van der Waals surface area (Å²) in [4.78, 5) is 2.19. The predicted molar refractivity (Wildman–Crippen MR) is 47.7 cm³/mol. The average Bonchev–Trinajstić information content (AvgIpc) is 2.08. The standard InChI is InChI=1S/C8H17F2N3/c1-7(8(9)10)11-13-5-3-12(2)4-6-13/h7-8,11H,3-6H2,1-2H3. The molecule has 0 aromatic rings. The summed E-state index contributed by atoms with van der Waals surface area (Å²) >= 11 is 0. The van der Waals surface area contributed by atoms with Crippen molar-refractivity contribution in [3.05, 3.63) is 0 Å². The molecule has 78 valence electrons. The monoisotopic (exact) mass is 193 g/mol. The van der Waals surface area contributed by atoms with Crippen molar-refractivity contribution in [1.82, 2.24) is 15.3 Å². The molecule has 1 fully saturated rings. The zero-order chi connectivity index (χ0) is 9.84. The Balaban J connectivity index is 2.22. The van der Waals surface area contributed by atoms with E-state index in [4.69, 9.17) is 0 Å². The van der Waals surface area contributed by atoms with Crippen molar-refractivity contribution < 1.29 is 8.78 Å². The molecule has 0 saturated carbocycles. The molecule has 0 aliphatic carbocycles. The molecule has 1 aliphatic rings. The Kier molecular flexibility index (Phi) is 4.02. The van der Waals surface area contributed by atoms with Crippen LogP contribution in [0.15, 0.2) is 0 Å². The number of hydrogen-bond acceptors (Lipinski definition) is 3. The summed E-state index contributed by atoms with van der Waals surface area (Å²) < 4.78 is 24.3. The van der Waals surface area contributed by atoms with Gasteiger partial charge in [0.1, 0.15) is 0 Å². The van der Waals surface area contributed by atoms with Crippen molar-refractivity contribution >= 4 is 0 Å². The third kappa shape index (κ3) is 3.54. The second-order valence-corrected chi connectivity index (χ2v) is 3.54. The normalized spacial score (nSPS) is 23.8. The van der Waals surface area contributed by atoms with Crippen molar-refractivity contribution in [3.63, 3.8) is 0 Å². The summed E-state index contributed by atoms with van der Waals surface area (Å²) in [6.45, 7) is 5.00. The molecule has 1 aliphatic heterocycles. The molecule has 0 spiro atoms. The third-order valence-corrected chi connectivity index (χ3v) is 2.27. The van der Waals surface area contributed by atoms with Gasteiger partial charge in [-0.1, -0.05) is 0 Å². The van der Waals surface area contributed by atoms with Gasteiger partial charge in [0.05, 0.1) is 6.04 Å². The smallest absolute Gasteiger partial charge is 0.254 e. The number of piperazine rings is 1. The molecule has 0 radical (unpaired) electrons. The zero-order valence-electron chi connectivity index (χ0n) is 8.13. The van der Waals surface area contributed by atoms with Gasteiger partial charge in [-0.05, 0) is 14.0 Å². The summed E-state index contributed by atoms with van der Waals surface area (Å²) in [5.41, 5.74) is 2.80. The SMILES string of the molecule is CC(NN1CCN(C)CC1)C(F)F. The van der Waals surface area contributed by atoms with Crippen LogP contribution in [-0.4, -0.2) is 55.6 Å². The molecule has 1 rings (SSSR count). The number of nitrogens with zero attached hydrogens (tertiary/aromatic N) is 2. The van der Waals surface area contributed by atoms with Crippen LogP contribution >= 0.6 is 0 Å². The molecule has 1 heterocycles. The van der Waals surface area contributed by atoms with E-state index in [0.29, 0.717) is 0 Å². The van der Waals surface area contributed by atoms with Crippen LogP contribution in [0.5, 0.6) is 0 Å². The fourth-order valence-corrected chi connectivity index (χ4v) is 1.28. The first-order valence-corrected chi connectivity index (χ1v) is 4.57. The minimum Gasteiger partial charge on any atom is -0.304 e. The number of nitrogens with one attached hydrogen (secondary N) is 1. The van der Waals surface area contributed by atoms with E-state index < -0.39 is 12.5 Å². The molecule has 0 bridgehead atoms. The number of likely N-dealkylation sites (N-methyl/N-ethyl adjacent to an activating group) is 1. The zero-order valence-corrected chi connectivity index (χ0v) is 8.13.